The third-order valence-corrected chi connectivity index (χ3v) is 5.67. The number of nitrogens with one attached hydrogen (secondary N) is 1. The number of benzene rings is 2. The maximum Gasteiger partial charge on any atom is 0.335 e. The number of aromatic carboxylic acids is 1. The molecule has 2 heterocycles. The molecule has 1 aliphatic heterocycles. The van der Waals surface area contributed by atoms with Crippen LogP contribution in [-0.2, 0) is 4.79 Å². The first-order valence-electron chi connectivity index (χ1n) is 9.90. The van der Waals surface area contributed by atoms with Crippen LogP contribution in [0.4, 0.5) is 5.69 Å². The topological polar surface area (TPSA) is 101 Å². The number of aliphatic imine (C=N–C) groups is 1. The Balaban J connectivity index is 1.53. The van der Waals surface area contributed by atoms with Gasteiger partial charge in [-0.3, -0.25) is 4.79 Å². The van der Waals surface area contributed by atoms with Crippen LogP contribution in [0.2, 0.25) is 0 Å². The van der Waals surface area contributed by atoms with Crippen LogP contribution in [-0.4, -0.2) is 28.8 Å². The van der Waals surface area contributed by atoms with E-state index >= 15 is 0 Å². The summed E-state index contributed by atoms with van der Waals surface area (Å²) < 4.78 is 11.3. The molecule has 2 N–H and O–H groups in total. The van der Waals surface area contributed by atoms with Crippen molar-refractivity contribution in [1.29, 1.82) is 0 Å². The van der Waals surface area contributed by atoms with E-state index in [9.17, 15) is 14.7 Å². The molecule has 8 heteroatoms. The predicted octanol–water partition coefficient (Wildman–Crippen LogP) is 5.24. The first kappa shape index (κ1) is 21.5. The Hall–Kier alpha value is -3.78. The minimum atomic E-state index is -0.989. The van der Waals surface area contributed by atoms with Crippen LogP contribution in [0.3, 0.4) is 0 Å². The molecule has 162 valence electrons. The molecule has 7 nitrogen and oxygen atoms in total. The van der Waals surface area contributed by atoms with Crippen LogP contribution in [0.15, 0.2) is 68.9 Å². The number of amides is 1. The molecule has 0 aliphatic carbocycles. The van der Waals surface area contributed by atoms with Crippen LogP contribution >= 0.6 is 11.8 Å². The Kier molecular flexibility index (Phi) is 6.13. The smallest absolute Gasteiger partial charge is 0.335 e. The van der Waals surface area contributed by atoms with Crippen LogP contribution < -0.4 is 10.1 Å². The van der Waals surface area contributed by atoms with Gasteiger partial charge in [-0.25, -0.2) is 9.79 Å². The van der Waals surface area contributed by atoms with Gasteiger partial charge in [0.25, 0.3) is 5.91 Å². The summed E-state index contributed by atoms with van der Waals surface area (Å²) in [6, 6.07) is 15.8. The zero-order valence-corrected chi connectivity index (χ0v) is 18.2. The number of carboxylic acid groups (broad SMARTS) is 1. The normalized spacial score (nSPS) is 15.9. The second kappa shape index (κ2) is 9.15. The van der Waals surface area contributed by atoms with Gasteiger partial charge in [0.05, 0.1) is 22.8 Å². The lowest BCUT2D eigenvalue weighted by molar-refractivity contribution is -0.115. The number of amidine groups is 1. The molecule has 0 spiro atoms. The van der Waals surface area contributed by atoms with Gasteiger partial charge in [-0.05, 0) is 73.6 Å². The maximum atomic E-state index is 12.4. The number of furan rings is 1. The third-order valence-electron chi connectivity index (χ3n) is 4.76. The lowest BCUT2D eigenvalue weighted by Gasteiger charge is -2.05. The minimum absolute atomic E-state index is 0.222. The Morgan fingerprint density at radius 2 is 1.97 bits per heavy atom. The molecule has 0 unspecified atom stereocenters. The Labute approximate surface area is 188 Å². The molecule has 32 heavy (non-hydrogen) atoms. The number of carboxylic acids is 1. The SMILES string of the molecule is CCOc1ccc(N=C2NC(=O)/C(=C\c3ccc(-c4cccc(C(=O)O)c4C)o3)S2)cc1. The van der Waals surface area contributed by atoms with E-state index in [2.05, 4.69) is 10.3 Å². The van der Waals surface area contributed by atoms with Gasteiger partial charge < -0.3 is 19.6 Å². The summed E-state index contributed by atoms with van der Waals surface area (Å²) in [6.45, 7) is 4.25. The number of carbonyl (C=O) groups excluding carboxylic acids is 1. The number of hydrogen-bond donors (Lipinski definition) is 2. The largest absolute Gasteiger partial charge is 0.494 e. The van der Waals surface area contributed by atoms with Gasteiger partial charge in [0.15, 0.2) is 5.17 Å². The number of ether oxygens (including phenoxy) is 1. The van der Waals surface area contributed by atoms with E-state index < -0.39 is 5.97 Å². The molecule has 1 amide bonds. The second-order valence-corrected chi connectivity index (χ2v) is 7.92. The average Bonchev–Trinajstić information content (AvgIpc) is 3.36. The fraction of sp³-hybridized carbons (Fsp3) is 0.125. The molecule has 0 atom stereocenters. The highest BCUT2D eigenvalue weighted by molar-refractivity contribution is 8.18. The summed E-state index contributed by atoms with van der Waals surface area (Å²) in [5.41, 5.74) is 2.23. The Morgan fingerprint density at radius 1 is 1.19 bits per heavy atom. The highest BCUT2D eigenvalue weighted by Gasteiger charge is 2.24. The number of carbonyl (C=O) groups is 2. The summed E-state index contributed by atoms with van der Waals surface area (Å²) in [6.07, 6.45) is 1.64. The van der Waals surface area contributed by atoms with E-state index in [1.807, 2.05) is 31.2 Å². The van der Waals surface area contributed by atoms with Gasteiger partial charge in [0.1, 0.15) is 17.3 Å². The van der Waals surface area contributed by atoms with Crippen molar-refractivity contribution in [3.8, 4) is 17.1 Å². The molecular formula is C24H20N2O5S. The molecular weight excluding hydrogens is 428 g/mol. The lowest BCUT2D eigenvalue weighted by atomic mass is 10.0. The zero-order chi connectivity index (χ0) is 22.7. The molecule has 0 radical (unpaired) electrons. The van der Waals surface area contributed by atoms with Gasteiger partial charge >= 0.3 is 5.97 Å². The number of hydrogen-bond acceptors (Lipinski definition) is 6. The molecule has 0 bridgehead atoms. The second-order valence-electron chi connectivity index (χ2n) is 6.89. The van der Waals surface area contributed by atoms with Gasteiger partial charge in [-0.15, -0.1) is 0 Å². The first-order chi connectivity index (χ1) is 15.4. The van der Waals surface area contributed by atoms with E-state index in [-0.39, 0.29) is 11.5 Å². The van der Waals surface area contributed by atoms with Gasteiger partial charge in [-0.1, -0.05) is 12.1 Å². The van der Waals surface area contributed by atoms with Crippen molar-refractivity contribution in [2.24, 2.45) is 4.99 Å². The van der Waals surface area contributed by atoms with Crippen molar-refractivity contribution in [3.63, 3.8) is 0 Å². The van der Waals surface area contributed by atoms with Crippen LogP contribution in [0, 0.1) is 6.92 Å². The van der Waals surface area contributed by atoms with Crippen molar-refractivity contribution >= 4 is 40.6 Å². The van der Waals surface area contributed by atoms with Crippen LogP contribution in [0.1, 0.15) is 28.6 Å². The van der Waals surface area contributed by atoms with E-state index in [4.69, 9.17) is 9.15 Å². The monoisotopic (exact) mass is 448 g/mol. The first-order valence-corrected chi connectivity index (χ1v) is 10.7. The van der Waals surface area contributed by atoms with E-state index in [0.717, 1.165) is 5.75 Å². The Bertz CT molecular complexity index is 1240. The molecule has 0 saturated carbocycles. The average molecular weight is 449 g/mol. The standard InChI is InChI=1S/C24H20N2O5S/c1-3-30-16-9-7-15(8-10-16)25-24-26-22(27)21(32-24)13-17-11-12-20(31-17)18-5-4-6-19(14(18)2)23(28)29/h4-13H,3H2,1-2H3,(H,28,29)(H,25,26,27)/b21-13+. The molecule has 1 fully saturated rings. The van der Waals surface area contributed by atoms with Crippen molar-refractivity contribution in [2.45, 2.75) is 13.8 Å². The van der Waals surface area contributed by atoms with Crippen molar-refractivity contribution in [1.82, 2.24) is 5.32 Å². The third kappa shape index (κ3) is 4.60. The lowest BCUT2D eigenvalue weighted by Crippen LogP contribution is -2.19. The number of rotatable bonds is 6. The van der Waals surface area contributed by atoms with Crippen LogP contribution in [0.5, 0.6) is 5.75 Å². The highest BCUT2D eigenvalue weighted by Crippen LogP contribution is 2.32. The predicted molar refractivity (Wildman–Crippen MR) is 124 cm³/mol. The fourth-order valence-corrected chi connectivity index (χ4v) is 4.04. The maximum absolute atomic E-state index is 12.4. The summed E-state index contributed by atoms with van der Waals surface area (Å²) >= 11 is 1.22. The Morgan fingerprint density at radius 3 is 2.69 bits per heavy atom. The van der Waals surface area contributed by atoms with Crippen molar-refractivity contribution in [3.05, 3.63) is 76.4 Å². The summed E-state index contributed by atoms with van der Waals surface area (Å²) in [7, 11) is 0. The zero-order valence-electron chi connectivity index (χ0n) is 17.4. The van der Waals surface area contributed by atoms with Crippen LogP contribution in [0.25, 0.3) is 17.4 Å². The molecule has 1 saturated heterocycles. The minimum Gasteiger partial charge on any atom is -0.494 e. The molecule has 3 aromatic rings. The molecule has 4 rings (SSSR count). The number of thioether (sulfide) groups is 1. The summed E-state index contributed by atoms with van der Waals surface area (Å²) in [4.78, 5) is 28.6. The van der Waals surface area contributed by atoms with E-state index in [1.54, 1.807) is 43.3 Å². The van der Waals surface area contributed by atoms with E-state index in [0.29, 0.717) is 45.0 Å². The van der Waals surface area contributed by atoms with Gasteiger partial charge in [0, 0.05) is 11.6 Å². The summed E-state index contributed by atoms with van der Waals surface area (Å²) in [5.74, 6) is 0.528. The molecule has 1 aromatic heterocycles. The fourth-order valence-electron chi connectivity index (χ4n) is 3.22. The number of nitrogens with zero attached hydrogens (tertiary/aromatic N) is 1. The summed E-state index contributed by atoms with van der Waals surface area (Å²) in [5, 5.41) is 12.5. The van der Waals surface area contributed by atoms with Gasteiger partial charge in [0.2, 0.25) is 0 Å². The van der Waals surface area contributed by atoms with E-state index in [1.165, 1.54) is 11.8 Å². The highest BCUT2D eigenvalue weighted by atomic mass is 32.2. The molecule has 1 aliphatic rings. The van der Waals surface area contributed by atoms with Gasteiger partial charge in [-0.2, -0.15) is 0 Å². The van der Waals surface area contributed by atoms with Crippen molar-refractivity contribution in [2.75, 3.05) is 6.61 Å². The quantitative estimate of drug-likeness (QED) is 0.500. The van der Waals surface area contributed by atoms with Crippen molar-refractivity contribution < 1.29 is 23.8 Å². The molecule has 2 aromatic carbocycles.